The number of benzene rings is 2. The molecule has 1 aromatic heterocycles. The molecular weight excluding hydrogens is 521 g/mol. The van der Waals surface area contributed by atoms with Crippen LogP contribution in [0.3, 0.4) is 0 Å². The van der Waals surface area contributed by atoms with Gasteiger partial charge in [0, 0.05) is 29.9 Å². The largest absolute Gasteiger partial charge is 0.377 e. The van der Waals surface area contributed by atoms with Gasteiger partial charge in [0.25, 0.3) is 0 Å². The fourth-order valence-corrected chi connectivity index (χ4v) is 6.93. The van der Waals surface area contributed by atoms with Gasteiger partial charge in [0.15, 0.2) is 15.7 Å². The van der Waals surface area contributed by atoms with E-state index in [2.05, 4.69) is 15.5 Å². The molecule has 39 heavy (non-hydrogen) atoms. The number of rotatable bonds is 7. The van der Waals surface area contributed by atoms with Crippen molar-refractivity contribution < 1.29 is 22.3 Å². The minimum atomic E-state index is -3.92. The van der Waals surface area contributed by atoms with Crippen molar-refractivity contribution in [2.24, 2.45) is 0 Å². The molecule has 3 fully saturated rings. The maximum atomic E-state index is 14.0. The van der Waals surface area contributed by atoms with Crippen molar-refractivity contribution in [2.75, 3.05) is 30.0 Å². The lowest BCUT2D eigenvalue weighted by molar-refractivity contribution is 0.0985. The van der Waals surface area contributed by atoms with Crippen molar-refractivity contribution in [1.82, 2.24) is 15.3 Å². The van der Waals surface area contributed by atoms with Gasteiger partial charge < -0.3 is 20.3 Å². The Labute approximate surface area is 226 Å². The number of sulfone groups is 1. The van der Waals surface area contributed by atoms with Crippen LogP contribution in [0.5, 0.6) is 0 Å². The zero-order valence-corrected chi connectivity index (χ0v) is 22.4. The molecule has 1 aliphatic heterocycles. The molecule has 1 atom stereocenters. The summed E-state index contributed by atoms with van der Waals surface area (Å²) in [5.74, 6) is 0.408. The lowest BCUT2D eigenvalue weighted by atomic mass is 10.1. The number of ether oxygens (including phenoxy) is 1. The van der Waals surface area contributed by atoms with Gasteiger partial charge >= 0.3 is 6.03 Å². The maximum absolute atomic E-state index is 14.0. The van der Waals surface area contributed by atoms with Crippen molar-refractivity contribution >= 4 is 27.4 Å². The quantitative estimate of drug-likeness (QED) is 0.451. The summed E-state index contributed by atoms with van der Waals surface area (Å²) < 4.78 is 45.9. The molecule has 2 aromatic carbocycles. The number of carbonyl (C=O) groups excluding carboxylic acids is 1. The number of urea groups is 1. The number of hydrogen-bond donors (Lipinski definition) is 2. The Balaban J connectivity index is 1.38. The summed E-state index contributed by atoms with van der Waals surface area (Å²) >= 11 is 0. The van der Waals surface area contributed by atoms with Crippen LogP contribution in [0.25, 0.3) is 11.4 Å². The zero-order valence-electron chi connectivity index (χ0n) is 21.6. The summed E-state index contributed by atoms with van der Waals surface area (Å²) in [6.07, 6.45) is 2.78. The molecule has 0 unspecified atom stereocenters. The summed E-state index contributed by atoms with van der Waals surface area (Å²) in [4.78, 5) is 23.8. The molecule has 204 valence electrons. The molecule has 11 heteroatoms. The standard InChI is InChI=1S/C28H30FN5O4S/c1-18-17-38-14-13-34(18)25-16-24(28(11-12-28)39(36,37)23-4-2-3-20(29)15-23)32-26(33-25)19-5-7-21(8-6-19)30-27(35)31-22-9-10-22/h2-8,15-16,18,22H,9-14,17H2,1H3,(H2,30,31,35)/t18-/m0/s1. The fraction of sp³-hybridized carbons (Fsp3) is 0.393. The minimum absolute atomic E-state index is 0.0425. The normalized spacial score (nSPS) is 20.4. The van der Waals surface area contributed by atoms with Crippen molar-refractivity contribution in [3.05, 3.63) is 66.1 Å². The highest BCUT2D eigenvalue weighted by Gasteiger charge is 2.58. The van der Waals surface area contributed by atoms with Crippen molar-refractivity contribution in [3.63, 3.8) is 0 Å². The van der Waals surface area contributed by atoms with Gasteiger partial charge in [-0.2, -0.15) is 0 Å². The van der Waals surface area contributed by atoms with Gasteiger partial charge in [-0.3, -0.25) is 0 Å². The molecule has 2 heterocycles. The molecule has 0 bridgehead atoms. The Kier molecular flexibility index (Phi) is 6.50. The lowest BCUT2D eigenvalue weighted by Gasteiger charge is -2.34. The van der Waals surface area contributed by atoms with Crippen LogP contribution in [0, 0.1) is 5.82 Å². The number of carbonyl (C=O) groups is 1. The van der Waals surface area contributed by atoms with E-state index in [-0.39, 0.29) is 23.0 Å². The first-order valence-electron chi connectivity index (χ1n) is 13.2. The predicted molar refractivity (Wildman–Crippen MR) is 145 cm³/mol. The van der Waals surface area contributed by atoms with E-state index >= 15 is 0 Å². The molecule has 0 radical (unpaired) electrons. The first kappa shape index (κ1) is 25.7. The average Bonchev–Trinajstić information content (AvgIpc) is 3.85. The molecule has 2 N–H and O–H groups in total. The van der Waals surface area contributed by atoms with Gasteiger partial charge in [-0.05, 0) is 75.1 Å². The first-order chi connectivity index (χ1) is 18.7. The van der Waals surface area contributed by atoms with E-state index in [1.165, 1.54) is 18.2 Å². The number of hydrogen-bond acceptors (Lipinski definition) is 7. The van der Waals surface area contributed by atoms with Gasteiger partial charge in [-0.25, -0.2) is 27.6 Å². The number of morpholine rings is 1. The van der Waals surface area contributed by atoms with Gasteiger partial charge in [0.05, 0.1) is 29.8 Å². The van der Waals surface area contributed by atoms with Gasteiger partial charge in [0.2, 0.25) is 0 Å². The summed E-state index contributed by atoms with van der Waals surface area (Å²) in [6, 6.07) is 14.1. The third-order valence-electron chi connectivity index (χ3n) is 7.48. The van der Waals surface area contributed by atoms with Crippen molar-refractivity contribution in [1.29, 1.82) is 0 Å². The SMILES string of the molecule is C[C@H]1COCCN1c1cc(C2(S(=O)(=O)c3cccc(F)c3)CC2)nc(-c2ccc(NC(=O)NC3CC3)cc2)n1. The second-order valence-electron chi connectivity index (χ2n) is 10.5. The third-order valence-corrected chi connectivity index (χ3v) is 10.0. The highest BCUT2D eigenvalue weighted by Crippen LogP contribution is 2.55. The summed E-state index contributed by atoms with van der Waals surface area (Å²) in [5.41, 5.74) is 1.71. The monoisotopic (exact) mass is 551 g/mol. The number of nitrogens with one attached hydrogen (secondary N) is 2. The van der Waals surface area contributed by atoms with E-state index in [0.717, 1.165) is 18.9 Å². The number of aromatic nitrogens is 2. The van der Waals surface area contributed by atoms with E-state index in [0.29, 0.717) is 61.2 Å². The molecule has 9 nitrogen and oxygen atoms in total. The topological polar surface area (TPSA) is 114 Å². The Morgan fingerprint density at radius 1 is 1.10 bits per heavy atom. The van der Waals surface area contributed by atoms with Crippen LogP contribution >= 0.6 is 0 Å². The molecule has 2 aliphatic carbocycles. The molecule has 3 aliphatic rings. The Bertz CT molecular complexity index is 1510. The Morgan fingerprint density at radius 3 is 2.54 bits per heavy atom. The van der Waals surface area contributed by atoms with Crippen LogP contribution in [0.2, 0.25) is 0 Å². The van der Waals surface area contributed by atoms with Crippen molar-refractivity contribution in [3.8, 4) is 11.4 Å². The molecule has 3 aromatic rings. The van der Waals surface area contributed by atoms with E-state index in [1.807, 2.05) is 6.92 Å². The third kappa shape index (κ3) is 5.08. The first-order valence-corrected chi connectivity index (χ1v) is 14.7. The van der Waals surface area contributed by atoms with Gasteiger partial charge in [-0.1, -0.05) is 6.07 Å². The lowest BCUT2D eigenvalue weighted by Crippen LogP contribution is -2.44. The highest BCUT2D eigenvalue weighted by molar-refractivity contribution is 7.92. The second-order valence-corrected chi connectivity index (χ2v) is 12.7. The zero-order chi connectivity index (χ0) is 27.2. The fourth-order valence-electron chi connectivity index (χ4n) is 4.93. The number of anilines is 2. The molecule has 1 saturated heterocycles. The Hall–Kier alpha value is -3.57. The maximum Gasteiger partial charge on any atom is 0.319 e. The van der Waals surface area contributed by atoms with E-state index in [4.69, 9.17) is 14.7 Å². The van der Waals surface area contributed by atoms with Crippen molar-refractivity contribution in [2.45, 2.75) is 54.3 Å². The van der Waals surface area contributed by atoms with Crippen LogP contribution in [-0.4, -0.2) is 56.3 Å². The number of nitrogens with zero attached hydrogens (tertiary/aromatic N) is 3. The summed E-state index contributed by atoms with van der Waals surface area (Å²) in [7, 11) is -3.92. The summed E-state index contributed by atoms with van der Waals surface area (Å²) in [6.45, 7) is 3.71. The number of amides is 2. The highest BCUT2D eigenvalue weighted by atomic mass is 32.2. The minimum Gasteiger partial charge on any atom is -0.377 e. The molecule has 6 rings (SSSR count). The predicted octanol–water partition coefficient (Wildman–Crippen LogP) is 4.25. The van der Waals surface area contributed by atoms with E-state index < -0.39 is 20.4 Å². The molecule has 2 saturated carbocycles. The van der Waals surface area contributed by atoms with Gasteiger partial charge in [0.1, 0.15) is 16.4 Å². The molecule has 0 spiro atoms. The second kappa shape index (κ2) is 9.87. The van der Waals surface area contributed by atoms with E-state index in [1.54, 1.807) is 30.3 Å². The Morgan fingerprint density at radius 2 is 1.87 bits per heavy atom. The van der Waals surface area contributed by atoms with Gasteiger partial charge in [-0.15, -0.1) is 0 Å². The smallest absolute Gasteiger partial charge is 0.319 e. The van der Waals surface area contributed by atoms with E-state index in [9.17, 15) is 17.6 Å². The van der Waals surface area contributed by atoms with Crippen LogP contribution in [0.15, 0.2) is 59.5 Å². The molecule has 2 amide bonds. The van der Waals surface area contributed by atoms with Crippen LogP contribution < -0.4 is 15.5 Å². The van der Waals surface area contributed by atoms with Crippen LogP contribution in [0.4, 0.5) is 20.7 Å². The molecular formula is C28H30FN5O4S. The van der Waals surface area contributed by atoms with Crippen LogP contribution in [-0.2, 0) is 19.3 Å². The average molecular weight is 552 g/mol. The number of halogens is 1. The van der Waals surface area contributed by atoms with Crippen LogP contribution in [0.1, 0.15) is 38.3 Å². The summed E-state index contributed by atoms with van der Waals surface area (Å²) in [5, 5.41) is 5.71.